The standard InChI is InChI=1S/C18H29Cl2NO4/c1-2-3-16(4-12-8-22-12,5-13-9-23-13)17(18(19,20)21,6-14-10-24-14)7-15-11-25-15/h12-15H,2-11,21H2,1H3. The SMILES string of the molecule is CCCC(CC1CO1)(CC1CO1)C(CC1CO1)(CC1CO1)C(N)(Cl)Cl. The van der Waals surface area contributed by atoms with Crippen LogP contribution in [0.1, 0.15) is 45.4 Å². The lowest BCUT2D eigenvalue weighted by molar-refractivity contribution is -0.0450. The van der Waals surface area contributed by atoms with Crippen LogP contribution in [-0.4, -0.2) is 55.3 Å². The molecule has 0 spiro atoms. The number of hydrogen-bond donors (Lipinski definition) is 1. The molecular formula is C18H29Cl2NO4. The molecule has 4 unspecified atom stereocenters. The zero-order chi connectivity index (χ0) is 17.7. The summed E-state index contributed by atoms with van der Waals surface area (Å²) in [7, 11) is 0. The van der Waals surface area contributed by atoms with Gasteiger partial charge in [-0.3, -0.25) is 5.73 Å². The predicted molar refractivity (Wildman–Crippen MR) is 95.8 cm³/mol. The molecule has 0 aromatic rings. The molecular weight excluding hydrogens is 365 g/mol. The van der Waals surface area contributed by atoms with Crippen LogP contribution in [0.2, 0.25) is 0 Å². The van der Waals surface area contributed by atoms with Gasteiger partial charge in [-0.25, -0.2) is 0 Å². The number of epoxide rings is 4. The Hall–Kier alpha value is 0.380. The summed E-state index contributed by atoms with van der Waals surface area (Å²) >= 11 is 13.6. The Morgan fingerprint density at radius 3 is 1.44 bits per heavy atom. The molecule has 144 valence electrons. The lowest BCUT2D eigenvalue weighted by atomic mass is 9.53. The minimum absolute atomic E-state index is 0.139. The van der Waals surface area contributed by atoms with Crippen molar-refractivity contribution in [2.75, 3.05) is 26.4 Å². The van der Waals surface area contributed by atoms with Crippen LogP contribution in [-0.2, 0) is 18.9 Å². The van der Waals surface area contributed by atoms with E-state index < -0.39 is 9.87 Å². The average molecular weight is 394 g/mol. The van der Waals surface area contributed by atoms with Crippen LogP contribution in [0.5, 0.6) is 0 Å². The van der Waals surface area contributed by atoms with Crippen molar-refractivity contribution in [3.8, 4) is 0 Å². The Bertz CT molecular complexity index is 454. The molecule has 4 fully saturated rings. The second-order valence-corrected chi connectivity index (χ2v) is 9.76. The van der Waals surface area contributed by atoms with Crippen molar-refractivity contribution < 1.29 is 18.9 Å². The van der Waals surface area contributed by atoms with Gasteiger partial charge in [-0.05, 0) is 37.5 Å². The second-order valence-electron chi connectivity index (χ2n) is 8.37. The van der Waals surface area contributed by atoms with Crippen LogP contribution in [0.15, 0.2) is 0 Å². The molecule has 4 saturated heterocycles. The Morgan fingerprint density at radius 1 is 0.800 bits per heavy atom. The normalized spacial score (nSPS) is 37.9. The summed E-state index contributed by atoms with van der Waals surface area (Å²) in [5.41, 5.74) is 5.89. The molecule has 0 saturated carbocycles. The highest BCUT2D eigenvalue weighted by molar-refractivity contribution is 6.48. The summed E-state index contributed by atoms with van der Waals surface area (Å²) in [4.78, 5) is 0. The Morgan fingerprint density at radius 2 is 1.16 bits per heavy atom. The van der Waals surface area contributed by atoms with E-state index in [2.05, 4.69) is 6.92 Å². The second kappa shape index (κ2) is 6.77. The van der Waals surface area contributed by atoms with Crippen LogP contribution in [0.25, 0.3) is 0 Å². The first-order valence-electron chi connectivity index (χ1n) is 9.51. The van der Waals surface area contributed by atoms with Crippen LogP contribution < -0.4 is 5.73 Å². The number of hydrogen-bond acceptors (Lipinski definition) is 5. The van der Waals surface area contributed by atoms with E-state index >= 15 is 0 Å². The molecule has 0 bridgehead atoms. The first kappa shape index (κ1) is 18.7. The van der Waals surface area contributed by atoms with Crippen LogP contribution in [0.3, 0.4) is 0 Å². The predicted octanol–water partition coefficient (Wildman–Crippen LogP) is 3.01. The number of rotatable bonds is 12. The molecule has 0 aliphatic carbocycles. The van der Waals surface area contributed by atoms with Crippen molar-refractivity contribution in [3.05, 3.63) is 0 Å². The van der Waals surface area contributed by atoms with Gasteiger partial charge < -0.3 is 18.9 Å². The molecule has 4 aliphatic heterocycles. The third-order valence-electron chi connectivity index (χ3n) is 6.38. The van der Waals surface area contributed by atoms with Gasteiger partial charge in [-0.2, -0.15) is 0 Å². The van der Waals surface area contributed by atoms with Gasteiger partial charge in [0.1, 0.15) is 0 Å². The fourth-order valence-corrected chi connectivity index (χ4v) is 5.64. The third-order valence-corrected chi connectivity index (χ3v) is 7.10. The molecule has 4 aliphatic rings. The number of halogens is 2. The van der Waals surface area contributed by atoms with Crippen molar-refractivity contribution in [1.82, 2.24) is 0 Å². The molecule has 0 radical (unpaired) electrons. The maximum absolute atomic E-state index is 6.78. The number of alkyl halides is 2. The fourth-order valence-electron chi connectivity index (χ4n) is 4.93. The monoisotopic (exact) mass is 393 g/mol. The summed E-state index contributed by atoms with van der Waals surface area (Å²) in [6, 6.07) is 0. The van der Waals surface area contributed by atoms with Crippen LogP contribution in [0, 0.1) is 10.8 Å². The van der Waals surface area contributed by atoms with Crippen molar-refractivity contribution in [2.24, 2.45) is 16.6 Å². The van der Waals surface area contributed by atoms with E-state index in [4.69, 9.17) is 47.9 Å². The Balaban J connectivity index is 1.73. The van der Waals surface area contributed by atoms with Gasteiger partial charge in [0.25, 0.3) is 0 Å². The summed E-state index contributed by atoms with van der Waals surface area (Å²) in [5, 5.41) is 0. The third kappa shape index (κ3) is 4.13. The summed E-state index contributed by atoms with van der Waals surface area (Å²) < 4.78 is 21.1. The van der Waals surface area contributed by atoms with Gasteiger partial charge in [0.2, 0.25) is 0 Å². The molecule has 0 aromatic carbocycles. The Kier molecular flexibility index (Phi) is 5.07. The minimum Gasteiger partial charge on any atom is -0.373 e. The van der Waals surface area contributed by atoms with E-state index in [0.717, 1.165) is 65.0 Å². The molecule has 4 heterocycles. The highest BCUT2D eigenvalue weighted by atomic mass is 35.5. The van der Waals surface area contributed by atoms with Crippen molar-refractivity contribution in [2.45, 2.75) is 74.3 Å². The number of nitrogens with two attached hydrogens (primary N) is 1. The molecule has 7 heteroatoms. The lowest BCUT2D eigenvalue weighted by Crippen LogP contribution is -2.59. The molecule has 4 rings (SSSR count). The first-order chi connectivity index (χ1) is 11.9. The van der Waals surface area contributed by atoms with Gasteiger partial charge in [-0.15, -0.1) is 0 Å². The molecule has 25 heavy (non-hydrogen) atoms. The quantitative estimate of drug-likeness (QED) is 0.313. The molecule has 0 amide bonds. The molecule has 4 atom stereocenters. The fraction of sp³-hybridized carbons (Fsp3) is 1.00. The zero-order valence-corrected chi connectivity index (χ0v) is 16.4. The van der Waals surface area contributed by atoms with E-state index in [1.807, 2.05) is 0 Å². The van der Waals surface area contributed by atoms with Gasteiger partial charge in [-0.1, -0.05) is 36.5 Å². The van der Waals surface area contributed by atoms with E-state index in [1.54, 1.807) is 0 Å². The summed E-state index contributed by atoms with van der Waals surface area (Å²) in [6.45, 7) is 5.37. The largest absolute Gasteiger partial charge is 0.373 e. The molecule has 5 nitrogen and oxygen atoms in total. The maximum atomic E-state index is 6.78. The summed E-state index contributed by atoms with van der Waals surface area (Å²) in [5.74, 6) is 0. The topological polar surface area (TPSA) is 76.1 Å². The average Bonchev–Trinajstić information content (AvgIpc) is 3.34. The van der Waals surface area contributed by atoms with Crippen LogP contribution in [0.4, 0.5) is 0 Å². The van der Waals surface area contributed by atoms with E-state index in [-0.39, 0.29) is 29.8 Å². The zero-order valence-electron chi connectivity index (χ0n) is 14.8. The van der Waals surface area contributed by atoms with Crippen molar-refractivity contribution >= 4 is 23.2 Å². The van der Waals surface area contributed by atoms with Gasteiger partial charge in [0.15, 0.2) is 4.46 Å². The number of ether oxygens (including phenoxy) is 4. The van der Waals surface area contributed by atoms with E-state index in [9.17, 15) is 0 Å². The highest BCUT2D eigenvalue weighted by Gasteiger charge is 2.65. The highest BCUT2D eigenvalue weighted by Crippen LogP contribution is 2.64. The Labute approximate surface area is 159 Å². The van der Waals surface area contributed by atoms with Gasteiger partial charge in [0, 0.05) is 5.41 Å². The van der Waals surface area contributed by atoms with E-state index in [0.29, 0.717) is 0 Å². The maximum Gasteiger partial charge on any atom is 0.172 e. The molecule has 2 N–H and O–H groups in total. The summed E-state index contributed by atoms with van der Waals surface area (Å²) in [6.07, 6.45) is 6.39. The first-order valence-corrected chi connectivity index (χ1v) is 10.3. The van der Waals surface area contributed by atoms with Crippen molar-refractivity contribution in [1.29, 1.82) is 0 Å². The van der Waals surface area contributed by atoms with Gasteiger partial charge >= 0.3 is 0 Å². The lowest BCUT2D eigenvalue weighted by Gasteiger charge is -2.55. The minimum atomic E-state index is -1.36. The van der Waals surface area contributed by atoms with E-state index in [1.165, 1.54) is 0 Å². The van der Waals surface area contributed by atoms with Gasteiger partial charge in [0.05, 0.1) is 50.8 Å². The van der Waals surface area contributed by atoms with Crippen molar-refractivity contribution in [3.63, 3.8) is 0 Å². The smallest absolute Gasteiger partial charge is 0.172 e. The molecule has 0 aromatic heterocycles. The van der Waals surface area contributed by atoms with Crippen LogP contribution >= 0.6 is 23.2 Å².